The van der Waals surface area contributed by atoms with Gasteiger partial charge in [0.15, 0.2) is 0 Å². The molecule has 5 heterocycles. The second-order valence-electron chi connectivity index (χ2n) is 22.9. The van der Waals surface area contributed by atoms with Gasteiger partial charge in [0, 0.05) is 36.8 Å². The number of cyclic esters (lactones) is 2. The number of piperidine rings is 2. The first-order valence-electron chi connectivity index (χ1n) is 25.5. The number of carbonyl (C=O) groups excluding carboxylic acids is 5. The number of ether oxygens (including phenoxy) is 2. The highest BCUT2D eigenvalue weighted by Gasteiger charge is 2.49. The smallest absolute Gasteiger partial charge is 0.315 e. The lowest BCUT2D eigenvalue weighted by Gasteiger charge is -2.45. The van der Waals surface area contributed by atoms with Gasteiger partial charge in [-0.2, -0.15) is 0 Å². The molecule has 374 valence electrons. The van der Waals surface area contributed by atoms with Crippen LogP contribution in [0.4, 0.5) is 4.79 Å². The lowest BCUT2D eigenvalue weighted by molar-refractivity contribution is -0.181. The van der Waals surface area contributed by atoms with Gasteiger partial charge in [-0.05, 0) is 111 Å². The van der Waals surface area contributed by atoms with E-state index in [4.69, 9.17) is 9.47 Å². The quantitative estimate of drug-likeness (QED) is 0.159. The van der Waals surface area contributed by atoms with Gasteiger partial charge in [-0.1, -0.05) is 138 Å². The zero-order valence-corrected chi connectivity index (χ0v) is 45.0. The minimum atomic E-state index is -0.199. The molecule has 0 aliphatic carbocycles. The van der Waals surface area contributed by atoms with E-state index in [1.165, 1.54) is 0 Å². The van der Waals surface area contributed by atoms with E-state index in [9.17, 15) is 24.0 Å². The van der Waals surface area contributed by atoms with E-state index in [1.807, 2.05) is 0 Å². The summed E-state index contributed by atoms with van der Waals surface area (Å²) in [4.78, 5) is 56.3. The molecule has 0 aromatic heterocycles. The van der Waals surface area contributed by atoms with Crippen LogP contribution in [0.2, 0.25) is 0 Å². The monoisotopic (exact) mass is 905 g/mol. The first-order chi connectivity index (χ1) is 29.4. The summed E-state index contributed by atoms with van der Waals surface area (Å²) in [6, 6.07) is 0.176. The Kier molecular flexibility index (Phi) is 22.9. The van der Waals surface area contributed by atoms with Gasteiger partial charge in [-0.15, -0.1) is 0 Å². The van der Waals surface area contributed by atoms with Gasteiger partial charge in [0.1, 0.15) is 11.2 Å². The largest absolute Gasteiger partial charge is 0.459 e. The Morgan fingerprint density at radius 2 is 0.734 bits per heavy atom. The van der Waals surface area contributed by atoms with Crippen LogP contribution in [0.1, 0.15) is 216 Å². The molecule has 5 rings (SSSR count). The molecule has 5 fully saturated rings. The van der Waals surface area contributed by atoms with Crippen LogP contribution in [0.15, 0.2) is 0 Å². The summed E-state index contributed by atoms with van der Waals surface area (Å²) in [5.74, 6) is 5.07. The highest BCUT2D eigenvalue weighted by Crippen LogP contribution is 2.41. The SMILES string of the molecule is CC(C)C1(C(C)C)CCC(=O)O1.CC(C)C1(C(C)C)CCCC(=O)N1.CC(C)C1(C(C)C)CCCC(=O)N1.CC(C)C1(C(C)C)CCCC(=O)O1.CC(C)C1(C(C)C)NC(=O)NC1C. The number of hydrogen-bond acceptors (Lipinski definition) is 7. The van der Waals surface area contributed by atoms with Crippen LogP contribution in [0.5, 0.6) is 0 Å². The molecular weight excluding hydrogens is 805 g/mol. The number of hydrogen-bond donors (Lipinski definition) is 4. The lowest BCUT2D eigenvalue weighted by atomic mass is 9.72. The van der Waals surface area contributed by atoms with E-state index in [2.05, 4.69) is 167 Å². The maximum absolute atomic E-state index is 11.4. The molecule has 0 saturated carbocycles. The third-order valence-corrected chi connectivity index (χ3v) is 16.3. The molecule has 4 N–H and O–H groups in total. The normalized spacial score (nSPS) is 23.0. The van der Waals surface area contributed by atoms with Crippen LogP contribution in [0, 0.1) is 59.2 Å². The number of amides is 4. The number of nitrogens with one attached hydrogen (secondary N) is 4. The molecule has 0 aromatic rings. The Morgan fingerprint density at radius 3 is 0.922 bits per heavy atom. The van der Waals surface area contributed by atoms with Crippen molar-refractivity contribution in [1.82, 2.24) is 21.3 Å². The van der Waals surface area contributed by atoms with Crippen molar-refractivity contribution in [2.24, 2.45) is 59.2 Å². The molecule has 64 heavy (non-hydrogen) atoms. The molecule has 4 amide bonds. The standard InChI is InChI=1S/2C11H21NO.C11H20O2.C10H20N2O.C10H18O2/c2*1-8(2)11(9(3)4)7-5-6-10(13)12-11;1-8(2)11(9(3)4)7-5-6-10(12)13-11;1-6(2)10(7(3)4)8(5)11-9(13)12-10;1-7(2)10(8(3)4)6-5-9(11)12-10/h2*8-9H,5-7H2,1-4H3,(H,12,13);8-9H,5-7H2,1-4H3;6-8H,1-5H3,(H2,11,12,13);7-8H,5-6H2,1-4H3. The molecule has 0 radical (unpaired) electrons. The highest BCUT2D eigenvalue weighted by atomic mass is 16.6. The average Bonchev–Trinajstić information content (AvgIpc) is 3.75. The Labute approximate surface area is 392 Å². The fourth-order valence-electron chi connectivity index (χ4n) is 11.9. The third-order valence-electron chi connectivity index (χ3n) is 16.3. The summed E-state index contributed by atoms with van der Waals surface area (Å²) >= 11 is 0. The summed E-state index contributed by atoms with van der Waals surface area (Å²) < 4.78 is 11.0. The van der Waals surface area contributed by atoms with E-state index in [-0.39, 0.29) is 63.6 Å². The van der Waals surface area contributed by atoms with Gasteiger partial charge in [0.25, 0.3) is 0 Å². The number of urea groups is 1. The van der Waals surface area contributed by atoms with Crippen LogP contribution < -0.4 is 21.3 Å². The number of rotatable bonds is 10. The number of esters is 2. The summed E-state index contributed by atoms with van der Waals surface area (Å²) in [5, 5.41) is 12.4. The molecule has 0 aromatic carbocycles. The van der Waals surface area contributed by atoms with Crippen molar-refractivity contribution < 1.29 is 33.4 Å². The van der Waals surface area contributed by atoms with E-state index in [1.54, 1.807) is 0 Å². The molecule has 1 atom stereocenters. The van der Waals surface area contributed by atoms with Gasteiger partial charge < -0.3 is 30.7 Å². The molecule has 0 bridgehead atoms. The van der Waals surface area contributed by atoms with E-state index >= 15 is 0 Å². The number of carbonyl (C=O) groups is 5. The second kappa shape index (κ2) is 24.8. The topological polar surface area (TPSA) is 152 Å². The lowest BCUT2D eigenvalue weighted by Crippen LogP contribution is -2.58. The Bertz CT molecular complexity index is 1340. The minimum absolute atomic E-state index is 0.0198. The van der Waals surface area contributed by atoms with Crippen molar-refractivity contribution in [2.75, 3.05) is 0 Å². The molecular formula is C53H100N4O7. The van der Waals surface area contributed by atoms with Crippen molar-refractivity contribution in [3.05, 3.63) is 0 Å². The zero-order valence-electron chi connectivity index (χ0n) is 45.0. The summed E-state index contributed by atoms with van der Waals surface area (Å²) in [6.07, 6.45) is 9.86. The summed E-state index contributed by atoms with van der Waals surface area (Å²) in [7, 11) is 0. The van der Waals surface area contributed by atoms with Crippen molar-refractivity contribution >= 4 is 29.8 Å². The van der Waals surface area contributed by atoms with Gasteiger partial charge in [0.05, 0.1) is 11.6 Å². The first-order valence-corrected chi connectivity index (χ1v) is 25.5. The van der Waals surface area contributed by atoms with Crippen molar-refractivity contribution in [3.63, 3.8) is 0 Å². The van der Waals surface area contributed by atoms with Crippen molar-refractivity contribution in [3.8, 4) is 0 Å². The molecule has 1 unspecified atom stereocenters. The van der Waals surface area contributed by atoms with Crippen LogP contribution >= 0.6 is 0 Å². The van der Waals surface area contributed by atoms with E-state index < -0.39 is 0 Å². The third kappa shape index (κ3) is 14.1. The fraction of sp³-hybridized carbons (Fsp3) is 0.906. The average molecular weight is 905 g/mol. The van der Waals surface area contributed by atoms with Crippen molar-refractivity contribution in [1.29, 1.82) is 0 Å². The van der Waals surface area contributed by atoms with Crippen LogP contribution in [0.3, 0.4) is 0 Å². The maximum atomic E-state index is 11.4. The first kappa shape index (κ1) is 59.2. The van der Waals surface area contributed by atoms with Crippen LogP contribution in [-0.4, -0.2) is 63.6 Å². The molecule has 5 saturated heterocycles. The van der Waals surface area contributed by atoms with Gasteiger partial charge in [-0.3, -0.25) is 19.2 Å². The zero-order chi connectivity index (χ0) is 49.8. The molecule has 11 heteroatoms. The molecule has 5 aliphatic heterocycles. The van der Waals surface area contributed by atoms with Gasteiger partial charge in [-0.25, -0.2) is 4.79 Å². The molecule has 5 aliphatic rings. The highest BCUT2D eigenvalue weighted by molar-refractivity contribution is 5.79. The predicted octanol–water partition coefficient (Wildman–Crippen LogP) is 11.6. The van der Waals surface area contributed by atoms with Crippen LogP contribution in [0.25, 0.3) is 0 Å². The predicted molar refractivity (Wildman–Crippen MR) is 262 cm³/mol. The fourth-order valence-corrected chi connectivity index (χ4v) is 11.9. The molecule has 0 spiro atoms. The van der Waals surface area contributed by atoms with Gasteiger partial charge >= 0.3 is 18.0 Å². The van der Waals surface area contributed by atoms with Gasteiger partial charge in [0.2, 0.25) is 11.8 Å². The van der Waals surface area contributed by atoms with E-state index in [0.29, 0.717) is 84.9 Å². The van der Waals surface area contributed by atoms with Crippen LogP contribution in [-0.2, 0) is 28.7 Å². The molecule has 11 nitrogen and oxygen atoms in total. The summed E-state index contributed by atoms with van der Waals surface area (Å²) in [6.45, 7) is 45.3. The minimum Gasteiger partial charge on any atom is -0.459 e. The Balaban J connectivity index is 0.000000400. The van der Waals surface area contributed by atoms with Crippen molar-refractivity contribution in [2.45, 2.75) is 250 Å². The Hall–Kier alpha value is -2.85. The Morgan fingerprint density at radius 1 is 0.406 bits per heavy atom. The maximum Gasteiger partial charge on any atom is 0.315 e. The second-order valence-corrected chi connectivity index (χ2v) is 22.9. The van der Waals surface area contributed by atoms with E-state index in [0.717, 1.165) is 44.9 Å². The summed E-state index contributed by atoms with van der Waals surface area (Å²) in [5.41, 5.74) is -0.367.